The molecule has 1 aromatic heterocycles. The molecule has 1 saturated heterocycles. The van der Waals surface area contributed by atoms with Gasteiger partial charge in [-0.3, -0.25) is 0 Å². The fourth-order valence-corrected chi connectivity index (χ4v) is 2.04. The van der Waals surface area contributed by atoms with E-state index in [1.807, 2.05) is 36.4 Å². The minimum absolute atomic E-state index is 0.100. The number of epoxide rings is 1. The van der Waals surface area contributed by atoms with Crippen LogP contribution in [0.1, 0.15) is 17.4 Å². The van der Waals surface area contributed by atoms with Crippen LogP contribution in [0.25, 0.3) is 0 Å². The Hall–Kier alpha value is -1.78. The minimum atomic E-state index is 0.100. The number of methoxy groups -OCH3 is 1. The van der Waals surface area contributed by atoms with Gasteiger partial charge < -0.3 is 14.2 Å². The molecule has 0 N–H and O–H groups in total. The van der Waals surface area contributed by atoms with Gasteiger partial charge in [0.05, 0.1) is 19.4 Å². The van der Waals surface area contributed by atoms with Gasteiger partial charge in [0, 0.05) is 0 Å². The molecule has 4 nitrogen and oxygen atoms in total. The van der Waals surface area contributed by atoms with E-state index in [4.69, 9.17) is 25.8 Å². The van der Waals surface area contributed by atoms with E-state index in [0.29, 0.717) is 17.5 Å². The number of aromatic nitrogens is 1. The third kappa shape index (κ3) is 3.03. The first-order valence-corrected chi connectivity index (χ1v) is 6.68. The molecule has 0 aliphatic carbocycles. The van der Waals surface area contributed by atoms with E-state index in [9.17, 15) is 0 Å². The maximum atomic E-state index is 6.10. The number of rotatable bonds is 5. The number of pyridine rings is 1. The third-order valence-electron chi connectivity index (χ3n) is 3.05. The number of nitrogens with zero attached hydrogens (tertiary/aromatic N) is 1. The molecule has 2 heterocycles. The SMILES string of the molecule is COc1ccc(COc2ccc(C3CO3)nc2Cl)cc1. The highest BCUT2D eigenvalue weighted by Gasteiger charge is 2.26. The normalized spacial score (nSPS) is 16.8. The average Bonchev–Trinajstić information content (AvgIpc) is 3.31. The van der Waals surface area contributed by atoms with Crippen molar-refractivity contribution in [1.29, 1.82) is 0 Å². The Morgan fingerprint density at radius 2 is 2.00 bits per heavy atom. The lowest BCUT2D eigenvalue weighted by Crippen LogP contribution is -1.98. The fourth-order valence-electron chi connectivity index (χ4n) is 1.82. The molecule has 0 spiro atoms. The van der Waals surface area contributed by atoms with Crippen LogP contribution in [0.15, 0.2) is 36.4 Å². The molecule has 0 amide bonds. The molecule has 1 unspecified atom stereocenters. The summed E-state index contributed by atoms with van der Waals surface area (Å²) < 4.78 is 16.0. The molecule has 20 heavy (non-hydrogen) atoms. The third-order valence-corrected chi connectivity index (χ3v) is 3.32. The van der Waals surface area contributed by atoms with Gasteiger partial charge in [-0.25, -0.2) is 4.98 Å². The Bertz CT molecular complexity index is 597. The second-order valence-electron chi connectivity index (χ2n) is 4.48. The predicted octanol–water partition coefficient (Wildman–Crippen LogP) is 3.39. The van der Waals surface area contributed by atoms with Crippen molar-refractivity contribution in [3.8, 4) is 11.5 Å². The molecule has 3 rings (SSSR count). The van der Waals surface area contributed by atoms with Crippen molar-refractivity contribution in [3.63, 3.8) is 0 Å². The second kappa shape index (κ2) is 5.69. The first-order chi connectivity index (χ1) is 9.76. The molecule has 2 aromatic rings. The van der Waals surface area contributed by atoms with Crippen molar-refractivity contribution in [1.82, 2.24) is 4.98 Å². The quantitative estimate of drug-likeness (QED) is 0.625. The van der Waals surface area contributed by atoms with Crippen molar-refractivity contribution in [2.45, 2.75) is 12.7 Å². The Labute approximate surface area is 122 Å². The summed E-state index contributed by atoms with van der Waals surface area (Å²) >= 11 is 6.10. The molecule has 104 valence electrons. The van der Waals surface area contributed by atoms with Gasteiger partial charge in [0.15, 0.2) is 10.9 Å². The van der Waals surface area contributed by atoms with Gasteiger partial charge in [-0.1, -0.05) is 23.7 Å². The van der Waals surface area contributed by atoms with Crippen LogP contribution in [0.5, 0.6) is 11.5 Å². The summed E-state index contributed by atoms with van der Waals surface area (Å²) in [5.74, 6) is 1.40. The summed E-state index contributed by atoms with van der Waals surface area (Å²) in [5.41, 5.74) is 1.89. The van der Waals surface area contributed by atoms with Crippen molar-refractivity contribution in [3.05, 3.63) is 52.8 Å². The first kappa shape index (κ1) is 13.2. The van der Waals surface area contributed by atoms with Crippen LogP contribution < -0.4 is 9.47 Å². The zero-order valence-electron chi connectivity index (χ0n) is 11.0. The van der Waals surface area contributed by atoms with Gasteiger partial charge in [0.2, 0.25) is 0 Å². The first-order valence-electron chi connectivity index (χ1n) is 6.30. The molecule has 1 atom stereocenters. The molecular weight excluding hydrogens is 278 g/mol. The van der Waals surface area contributed by atoms with Crippen LogP contribution in [-0.2, 0) is 11.3 Å². The number of halogens is 1. The molecular formula is C15H14ClNO3. The summed E-state index contributed by atoms with van der Waals surface area (Å²) in [6.45, 7) is 1.15. The highest BCUT2D eigenvalue weighted by molar-refractivity contribution is 6.30. The molecule has 5 heteroatoms. The number of benzene rings is 1. The van der Waals surface area contributed by atoms with Crippen molar-refractivity contribution in [2.75, 3.05) is 13.7 Å². The summed E-state index contributed by atoms with van der Waals surface area (Å²) in [7, 11) is 1.64. The second-order valence-corrected chi connectivity index (χ2v) is 4.84. The van der Waals surface area contributed by atoms with Gasteiger partial charge in [0.1, 0.15) is 18.5 Å². The van der Waals surface area contributed by atoms with E-state index < -0.39 is 0 Å². The molecule has 1 aliphatic rings. The average molecular weight is 292 g/mol. The van der Waals surface area contributed by atoms with Crippen LogP contribution in [0.4, 0.5) is 0 Å². The van der Waals surface area contributed by atoms with Crippen LogP contribution >= 0.6 is 11.6 Å². The largest absolute Gasteiger partial charge is 0.497 e. The molecule has 1 fully saturated rings. The lowest BCUT2D eigenvalue weighted by atomic mass is 10.2. The van der Waals surface area contributed by atoms with Crippen LogP contribution in [0, 0.1) is 0 Å². The Balaban J connectivity index is 1.64. The van der Waals surface area contributed by atoms with E-state index in [1.165, 1.54) is 0 Å². The minimum Gasteiger partial charge on any atom is -0.497 e. The maximum Gasteiger partial charge on any atom is 0.171 e. The smallest absolute Gasteiger partial charge is 0.171 e. The van der Waals surface area contributed by atoms with Crippen LogP contribution in [0.2, 0.25) is 5.15 Å². The molecule has 0 bridgehead atoms. The van der Waals surface area contributed by atoms with Crippen molar-refractivity contribution in [2.24, 2.45) is 0 Å². The summed E-state index contributed by atoms with van der Waals surface area (Å²) in [6.07, 6.45) is 0.100. The predicted molar refractivity (Wildman–Crippen MR) is 75.3 cm³/mol. The topological polar surface area (TPSA) is 43.9 Å². The molecule has 1 aromatic carbocycles. The van der Waals surface area contributed by atoms with Gasteiger partial charge in [-0.15, -0.1) is 0 Å². The zero-order valence-corrected chi connectivity index (χ0v) is 11.8. The molecule has 0 radical (unpaired) electrons. The van der Waals surface area contributed by atoms with Gasteiger partial charge >= 0.3 is 0 Å². The Kier molecular flexibility index (Phi) is 3.76. The van der Waals surface area contributed by atoms with E-state index in [1.54, 1.807) is 7.11 Å². The maximum absolute atomic E-state index is 6.10. The number of hydrogen-bond acceptors (Lipinski definition) is 4. The van der Waals surface area contributed by atoms with Crippen molar-refractivity contribution >= 4 is 11.6 Å². The van der Waals surface area contributed by atoms with E-state index in [-0.39, 0.29) is 6.10 Å². The Morgan fingerprint density at radius 3 is 2.60 bits per heavy atom. The number of ether oxygens (including phenoxy) is 3. The lowest BCUT2D eigenvalue weighted by molar-refractivity contribution is 0.304. The standard InChI is InChI=1S/C15H14ClNO3/c1-18-11-4-2-10(3-5-11)8-19-13-7-6-12(14-9-20-14)17-15(13)16/h2-7,14H,8-9H2,1H3. The summed E-state index contributed by atoms with van der Waals surface area (Å²) in [6, 6.07) is 11.4. The van der Waals surface area contributed by atoms with Crippen LogP contribution in [0.3, 0.4) is 0 Å². The van der Waals surface area contributed by atoms with E-state index >= 15 is 0 Å². The zero-order chi connectivity index (χ0) is 13.9. The monoisotopic (exact) mass is 291 g/mol. The molecule has 0 saturated carbocycles. The highest BCUT2D eigenvalue weighted by Crippen LogP contribution is 2.32. The molecule has 1 aliphatic heterocycles. The van der Waals surface area contributed by atoms with Crippen molar-refractivity contribution < 1.29 is 14.2 Å². The number of hydrogen-bond donors (Lipinski definition) is 0. The van der Waals surface area contributed by atoms with E-state index in [2.05, 4.69) is 4.98 Å². The van der Waals surface area contributed by atoms with Gasteiger partial charge in [0.25, 0.3) is 0 Å². The van der Waals surface area contributed by atoms with Gasteiger partial charge in [-0.05, 0) is 29.8 Å². The fraction of sp³-hybridized carbons (Fsp3) is 0.267. The van der Waals surface area contributed by atoms with E-state index in [0.717, 1.165) is 23.6 Å². The lowest BCUT2D eigenvalue weighted by Gasteiger charge is -2.09. The summed E-state index contributed by atoms with van der Waals surface area (Å²) in [5, 5.41) is 0.367. The highest BCUT2D eigenvalue weighted by atomic mass is 35.5. The van der Waals surface area contributed by atoms with Crippen LogP contribution in [-0.4, -0.2) is 18.7 Å². The Morgan fingerprint density at radius 1 is 1.25 bits per heavy atom. The van der Waals surface area contributed by atoms with Gasteiger partial charge in [-0.2, -0.15) is 0 Å². The summed E-state index contributed by atoms with van der Waals surface area (Å²) in [4.78, 5) is 4.27.